The number of alkyl halides is 1. The Morgan fingerprint density at radius 2 is 2.15 bits per heavy atom. The first-order valence-corrected chi connectivity index (χ1v) is 4.51. The van der Waals surface area contributed by atoms with Crippen molar-refractivity contribution in [3.05, 3.63) is 34.3 Å². The van der Waals surface area contributed by atoms with Gasteiger partial charge in [0, 0.05) is 10.9 Å². The first-order valence-electron chi connectivity index (χ1n) is 3.71. The first-order chi connectivity index (χ1) is 6.11. The van der Waals surface area contributed by atoms with Crippen molar-refractivity contribution in [2.24, 2.45) is 0 Å². The van der Waals surface area contributed by atoms with E-state index >= 15 is 0 Å². The van der Waals surface area contributed by atoms with Crippen LogP contribution in [0.25, 0.3) is 0 Å². The Balaban J connectivity index is 2.74. The van der Waals surface area contributed by atoms with Crippen molar-refractivity contribution in [1.29, 1.82) is 0 Å². The Hall–Kier alpha value is -0.900. The maximum absolute atomic E-state index is 12.8. The molecular formula is C9H8BrFO2. The molecule has 0 saturated carbocycles. The van der Waals surface area contributed by atoms with Crippen molar-refractivity contribution in [2.45, 2.75) is 12.6 Å². The average Bonchev–Trinajstić information content (AvgIpc) is 2.08. The lowest BCUT2D eigenvalue weighted by Crippen LogP contribution is -2.17. The summed E-state index contributed by atoms with van der Waals surface area (Å²) >= 11 is 3.21. The molecule has 0 spiro atoms. The molecule has 2 nitrogen and oxygen atoms in total. The van der Waals surface area contributed by atoms with Gasteiger partial charge >= 0.3 is 5.97 Å². The number of hydrogen-bond acceptors (Lipinski definition) is 1. The smallest absolute Gasteiger partial charge is 0.338 e. The van der Waals surface area contributed by atoms with E-state index in [1.54, 1.807) is 24.3 Å². The minimum absolute atomic E-state index is 0.100. The normalized spacial score (nSPS) is 12.5. The largest absolute Gasteiger partial charge is 0.479 e. The van der Waals surface area contributed by atoms with Gasteiger partial charge in [0.25, 0.3) is 0 Å². The van der Waals surface area contributed by atoms with Crippen LogP contribution in [0.15, 0.2) is 28.7 Å². The second-order valence-electron chi connectivity index (χ2n) is 2.60. The van der Waals surface area contributed by atoms with Crippen molar-refractivity contribution < 1.29 is 14.3 Å². The average molecular weight is 247 g/mol. The van der Waals surface area contributed by atoms with Gasteiger partial charge in [-0.25, -0.2) is 9.18 Å². The topological polar surface area (TPSA) is 37.3 Å². The molecule has 0 aliphatic heterocycles. The highest BCUT2D eigenvalue weighted by Gasteiger charge is 2.16. The van der Waals surface area contributed by atoms with Crippen molar-refractivity contribution in [1.82, 2.24) is 0 Å². The molecule has 1 atom stereocenters. The molecule has 0 aromatic heterocycles. The highest BCUT2D eigenvalue weighted by molar-refractivity contribution is 9.10. The minimum Gasteiger partial charge on any atom is -0.479 e. The summed E-state index contributed by atoms with van der Waals surface area (Å²) in [7, 11) is 0. The maximum atomic E-state index is 12.8. The van der Waals surface area contributed by atoms with Gasteiger partial charge in [-0.15, -0.1) is 0 Å². The SMILES string of the molecule is O=C(O)C(F)Cc1ccccc1Br. The summed E-state index contributed by atoms with van der Waals surface area (Å²) in [5.74, 6) is -1.42. The van der Waals surface area contributed by atoms with Gasteiger partial charge in [0.05, 0.1) is 0 Å². The van der Waals surface area contributed by atoms with Gasteiger partial charge in [0.1, 0.15) is 0 Å². The fraction of sp³-hybridized carbons (Fsp3) is 0.222. The molecule has 1 aromatic carbocycles. The number of carboxylic acid groups (broad SMARTS) is 1. The monoisotopic (exact) mass is 246 g/mol. The molecule has 13 heavy (non-hydrogen) atoms. The van der Waals surface area contributed by atoms with E-state index in [2.05, 4.69) is 15.9 Å². The third-order valence-corrected chi connectivity index (χ3v) is 2.40. The van der Waals surface area contributed by atoms with Gasteiger partial charge in [-0.2, -0.15) is 0 Å². The van der Waals surface area contributed by atoms with Gasteiger partial charge in [-0.3, -0.25) is 0 Å². The Bertz CT molecular complexity index is 314. The maximum Gasteiger partial charge on any atom is 0.338 e. The second-order valence-corrected chi connectivity index (χ2v) is 3.46. The molecule has 0 aliphatic carbocycles. The van der Waals surface area contributed by atoms with E-state index in [0.29, 0.717) is 5.56 Å². The van der Waals surface area contributed by atoms with E-state index in [9.17, 15) is 9.18 Å². The van der Waals surface area contributed by atoms with E-state index in [4.69, 9.17) is 5.11 Å². The standard InChI is InChI=1S/C9H8BrFO2/c10-7-4-2-1-3-6(7)5-8(11)9(12)13/h1-4,8H,5H2,(H,12,13). The Labute approximate surface area is 83.5 Å². The lowest BCUT2D eigenvalue weighted by Gasteiger charge is -2.04. The fourth-order valence-electron chi connectivity index (χ4n) is 0.944. The number of rotatable bonds is 3. The van der Waals surface area contributed by atoms with Crippen LogP contribution in [0.4, 0.5) is 4.39 Å². The molecule has 0 saturated heterocycles. The number of aliphatic carboxylic acids is 1. The molecule has 0 fully saturated rings. The number of halogens is 2. The lowest BCUT2D eigenvalue weighted by molar-refractivity contribution is -0.142. The third-order valence-electron chi connectivity index (χ3n) is 1.62. The lowest BCUT2D eigenvalue weighted by atomic mass is 10.1. The van der Waals surface area contributed by atoms with Gasteiger partial charge in [-0.05, 0) is 11.6 Å². The van der Waals surface area contributed by atoms with Crippen LogP contribution in [0.3, 0.4) is 0 Å². The van der Waals surface area contributed by atoms with Crippen LogP contribution in [0.1, 0.15) is 5.56 Å². The number of benzene rings is 1. The van der Waals surface area contributed by atoms with E-state index in [1.807, 2.05) is 0 Å². The first kappa shape index (κ1) is 10.2. The molecule has 1 rings (SSSR count). The van der Waals surface area contributed by atoms with Gasteiger partial charge < -0.3 is 5.11 Å². The van der Waals surface area contributed by atoms with Crippen LogP contribution in [-0.2, 0) is 11.2 Å². The zero-order valence-electron chi connectivity index (χ0n) is 6.71. The molecule has 4 heteroatoms. The predicted octanol–water partition coefficient (Wildman–Crippen LogP) is 2.41. The van der Waals surface area contributed by atoms with Crippen molar-refractivity contribution >= 4 is 21.9 Å². The summed E-state index contributed by atoms with van der Waals surface area (Å²) in [5, 5.41) is 8.34. The molecule has 1 unspecified atom stereocenters. The predicted molar refractivity (Wildman–Crippen MR) is 50.4 cm³/mol. The molecule has 0 bridgehead atoms. The van der Waals surface area contributed by atoms with E-state index in [-0.39, 0.29) is 6.42 Å². The zero-order valence-corrected chi connectivity index (χ0v) is 8.29. The highest BCUT2D eigenvalue weighted by Crippen LogP contribution is 2.18. The number of carboxylic acids is 1. The molecule has 70 valence electrons. The van der Waals surface area contributed by atoms with Crippen LogP contribution >= 0.6 is 15.9 Å². The Kier molecular flexibility index (Phi) is 3.42. The molecule has 0 amide bonds. The summed E-state index contributed by atoms with van der Waals surface area (Å²) < 4.78 is 13.5. The summed E-state index contributed by atoms with van der Waals surface area (Å²) in [6.45, 7) is 0. The van der Waals surface area contributed by atoms with E-state index in [1.165, 1.54) is 0 Å². The summed E-state index contributed by atoms with van der Waals surface area (Å²) in [5.41, 5.74) is 0.664. The van der Waals surface area contributed by atoms with Crippen molar-refractivity contribution in [3.8, 4) is 0 Å². The molecule has 0 aliphatic rings. The molecule has 0 heterocycles. The van der Waals surface area contributed by atoms with Gasteiger partial charge in [-0.1, -0.05) is 34.1 Å². The summed E-state index contributed by atoms with van der Waals surface area (Å²) in [6, 6.07) is 6.99. The summed E-state index contributed by atoms with van der Waals surface area (Å²) in [6.07, 6.45) is -1.93. The Morgan fingerprint density at radius 1 is 1.54 bits per heavy atom. The highest BCUT2D eigenvalue weighted by atomic mass is 79.9. The number of hydrogen-bond donors (Lipinski definition) is 1. The Morgan fingerprint density at radius 3 is 2.69 bits per heavy atom. The second kappa shape index (κ2) is 4.37. The number of carbonyl (C=O) groups is 1. The quantitative estimate of drug-likeness (QED) is 0.890. The van der Waals surface area contributed by atoms with Crippen LogP contribution in [0, 0.1) is 0 Å². The zero-order chi connectivity index (χ0) is 9.84. The molecule has 1 aromatic rings. The summed E-state index contributed by atoms with van der Waals surface area (Å²) in [4.78, 5) is 10.2. The van der Waals surface area contributed by atoms with Gasteiger partial charge in [0.2, 0.25) is 6.17 Å². The molecule has 0 radical (unpaired) electrons. The van der Waals surface area contributed by atoms with Crippen LogP contribution in [0.2, 0.25) is 0 Å². The van der Waals surface area contributed by atoms with Crippen molar-refractivity contribution in [2.75, 3.05) is 0 Å². The molecule has 1 N–H and O–H groups in total. The third kappa shape index (κ3) is 2.81. The molecular weight excluding hydrogens is 239 g/mol. The van der Waals surface area contributed by atoms with Crippen LogP contribution in [0.5, 0.6) is 0 Å². The van der Waals surface area contributed by atoms with Crippen LogP contribution < -0.4 is 0 Å². The van der Waals surface area contributed by atoms with Crippen LogP contribution in [-0.4, -0.2) is 17.2 Å². The minimum atomic E-state index is -1.83. The van der Waals surface area contributed by atoms with Gasteiger partial charge in [0.15, 0.2) is 0 Å². The van der Waals surface area contributed by atoms with E-state index in [0.717, 1.165) is 4.47 Å². The fourth-order valence-corrected chi connectivity index (χ4v) is 1.39. The van der Waals surface area contributed by atoms with Crippen molar-refractivity contribution in [3.63, 3.8) is 0 Å². The van der Waals surface area contributed by atoms with E-state index < -0.39 is 12.1 Å².